The molecule has 0 radical (unpaired) electrons. The largest absolute Gasteiger partial charge is 0.372 e. The SMILES string of the molecule is CCN(CC)c1ccc(/C=N/CCCCCCCC/N=C/c2ccc(N(CC)CC)cc2)cc1. The number of unbranched alkanes of at least 4 members (excludes halogenated alkanes) is 5. The summed E-state index contributed by atoms with van der Waals surface area (Å²) >= 11 is 0. The summed E-state index contributed by atoms with van der Waals surface area (Å²) in [6.45, 7) is 14.8. The Morgan fingerprint density at radius 2 is 0.824 bits per heavy atom. The van der Waals surface area contributed by atoms with E-state index in [9.17, 15) is 0 Å². The van der Waals surface area contributed by atoms with E-state index in [2.05, 4.69) is 96.0 Å². The quantitative estimate of drug-likeness (QED) is 0.183. The molecule has 0 spiro atoms. The number of hydrogen-bond donors (Lipinski definition) is 0. The fraction of sp³-hybridized carbons (Fsp3) is 0.533. The van der Waals surface area contributed by atoms with Gasteiger partial charge in [-0.25, -0.2) is 0 Å². The van der Waals surface area contributed by atoms with Gasteiger partial charge in [-0.2, -0.15) is 0 Å². The molecule has 2 rings (SSSR count). The second kappa shape index (κ2) is 16.9. The Labute approximate surface area is 208 Å². The highest BCUT2D eigenvalue weighted by Crippen LogP contribution is 2.15. The molecule has 0 aliphatic carbocycles. The smallest absolute Gasteiger partial charge is 0.0389 e. The van der Waals surface area contributed by atoms with Crippen LogP contribution >= 0.6 is 0 Å². The molecule has 0 saturated carbocycles. The predicted octanol–water partition coefficient (Wildman–Crippen LogP) is 7.26. The van der Waals surface area contributed by atoms with Gasteiger partial charge in [-0.3, -0.25) is 9.98 Å². The Balaban J connectivity index is 1.50. The van der Waals surface area contributed by atoms with E-state index in [0.29, 0.717) is 0 Å². The van der Waals surface area contributed by atoms with Crippen molar-refractivity contribution < 1.29 is 0 Å². The van der Waals surface area contributed by atoms with Crippen LogP contribution in [0.4, 0.5) is 11.4 Å². The van der Waals surface area contributed by atoms with E-state index in [-0.39, 0.29) is 0 Å². The predicted molar refractivity (Wildman–Crippen MR) is 153 cm³/mol. The van der Waals surface area contributed by atoms with Crippen LogP contribution in [0.1, 0.15) is 77.3 Å². The first-order chi connectivity index (χ1) is 16.7. The second-order valence-electron chi connectivity index (χ2n) is 8.72. The van der Waals surface area contributed by atoms with E-state index >= 15 is 0 Å². The van der Waals surface area contributed by atoms with E-state index in [1.54, 1.807) is 0 Å². The third-order valence-corrected chi connectivity index (χ3v) is 6.35. The Morgan fingerprint density at radius 1 is 0.500 bits per heavy atom. The summed E-state index contributed by atoms with van der Waals surface area (Å²) in [5.41, 5.74) is 4.96. The van der Waals surface area contributed by atoms with Gasteiger partial charge in [0, 0.05) is 63.1 Å². The highest BCUT2D eigenvalue weighted by atomic mass is 15.1. The zero-order chi connectivity index (χ0) is 24.4. The molecule has 0 unspecified atom stereocenters. The molecule has 0 atom stereocenters. The van der Waals surface area contributed by atoms with E-state index in [0.717, 1.165) is 39.3 Å². The fourth-order valence-electron chi connectivity index (χ4n) is 4.17. The van der Waals surface area contributed by atoms with Crippen molar-refractivity contribution in [3.63, 3.8) is 0 Å². The van der Waals surface area contributed by atoms with Crippen molar-refractivity contribution in [2.24, 2.45) is 9.98 Å². The average molecular weight is 463 g/mol. The van der Waals surface area contributed by atoms with E-state index in [1.807, 2.05) is 12.4 Å². The summed E-state index contributed by atoms with van der Waals surface area (Å²) in [4.78, 5) is 13.9. The Hall–Kier alpha value is -2.62. The van der Waals surface area contributed by atoms with Gasteiger partial charge in [-0.15, -0.1) is 0 Å². The van der Waals surface area contributed by atoms with Gasteiger partial charge in [-0.1, -0.05) is 49.9 Å². The van der Waals surface area contributed by atoms with Crippen LogP contribution in [-0.4, -0.2) is 51.7 Å². The maximum atomic E-state index is 4.61. The first-order valence-corrected chi connectivity index (χ1v) is 13.4. The average Bonchev–Trinajstić information content (AvgIpc) is 2.88. The lowest BCUT2D eigenvalue weighted by molar-refractivity contribution is 0.602. The summed E-state index contributed by atoms with van der Waals surface area (Å²) < 4.78 is 0. The summed E-state index contributed by atoms with van der Waals surface area (Å²) in [5.74, 6) is 0. The van der Waals surface area contributed by atoms with Crippen LogP contribution < -0.4 is 9.80 Å². The summed E-state index contributed by atoms with van der Waals surface area (Å²) in [6.07, 6.45) is 11.5. The van der Waals surface area contributed by atoms with E-state index in [4.69, 9.17) is 0 Å². The number of anilines is 2. The van der Waals surface area contributed by atoms with E-state index < -0.39 is 0 Å². The molecule has 34 heavy (non-hydrogen) atoms. The molecule has 0 N–H and O–H groups in total. The zero-order valence-electron chi connectivity index (χ0n) is 22.0. The first kappa shape index (κ1) is 27.6. The van der Waals surface area contributed by atoms with Crippen molar-refractivity contribution in [2.45, 2.75) is 66.2 Å². The Bertz CT molecular complexity index is 744. The minimum Gasteiger partial charge on any atom is -0.372 e. The third kappa shape index (κ3) is 10.1. The van der Waals surface area contributed by atoms with Gasteiger partial charge in [0.15, 0.2) is 0 Å². The number of hydrogen-bond acceptors (Lipinski definition) is 4. The molecule has 2 aromatic rings. The molecular formula is C30H46N4. The first-order valence-electron chi connectivity index (χ1n) is 13.4. The molecule has 4 nitrogen and oxygen atoms in total. The molecule has 2 aromatic carbocycles. The molecule has 0 saturated heterocycles. The van der Waals surface area contributed by atoms with Crippen molar-refractivity contribution in [3.8, 4) is 0 Å². The van der Waals surface area contributed by atoms with Crippen LogP contribution in [0.25, 0.3) is 0 Å². The van der Waals surface area contributed by atoms with Crippen molar-refractivity contribution >= 4 is 23.8 Å². The number of nitrogens with zero attached hydrogens (tertiary/aromatic N) is 4. The van der Waals surface area contributed by atoms with Crippen molar-refractivity contribution in [1.29, 1.82) is 0 Å². The molecule has 0 aliphatic heterocycles. The van der Waals surface area contributed by atoms with Crippen molar-refractivity contribution in [2.75, 3.05) is 49.1 Å². The number of aliphatic imine (C=N–C) groups is 2. The second-order valence-corrected chi connectivity index (χ2v) is 8.72. The normalized spacial score (nSPS) is 11.5. The van der Waals surface area contributed by atoms with E-state index in [1.165, 1.54) is 61.0 Å². The third-order valence-electron chi connectivity index (χ3n) is 6.35. The minimum absolute atomic E-state index is 0.926. The van der Waals surface area contributed by atoms with Gasteiger partial charge in [0.25, 0.3) is 0 Å². The molecule has 0 aliphatic rings. The maximum absolute atomic E-state index is 4.61. The Kier molecular flexibility index (Phi) is 13.7. The highest BCUT2D eigenvalue weighted by molar-refractivity contribution is 5.80. The van der Waals surface area contributed by atoms with Crippen LogP contribution in [0.15, 0.2) is 58.5 Å². The molecule has 186 valence electrons. The Morgan fingerprint density at radius 3 is 1.15 bits per heavy atom. The van der Waals surface area contributed by atoms with Gasteiger partial charge in [0.1, 0.15) is 0 Å². The zero-order valence-corrected chi connectivity index (χ0v) is 22.0. The lowest BCUT2D eigenvalue weighted by atomic mass is 10.1. The molecule has 0 aromatic heterocycles. The van der Waals surface area contributed by atoms with Gasteiger partial charge in [0.05, 0.1) is 0 Å². The lowest BCUT2D eigenvalue weighted by Crippen LogP contribution is -2.21. The molecular weight excluding hydrogens is 416 g/mol. The van der Waals surface area contributed by atoms with Crippen LogP contribution in [0.2, 0.25) is 0 Å². The molecule has 0 heterocycles. The fourth-order valence-corrected chi connectivity index (χ4v) is 4.17. The summed E-state index contributed by atoms with van der Waals surface area (Å²) in [6, 6.07) is 17.5. The molecule has 0 fully saturated rings. The number of rotatable bonds is 17. The van der Waals surface area contributed by atoms with Crippen LogP contribution in [0, 0.1) is 0 Å². The standard InChI is InChI=1S/C30H46N4/c1-5-33(6-2)29-19-15-27(16-20-29)25-31-23-13-11-9-10-12-14-24-32-26-28-17-21-30(22-18-28)34(7-3)8-4/h15-22,25-26H,5-14,23-24H2,1-4H3/b31-25+,32-26+. The summed E-state index contributed by atoms with van der Waals surface area (Å²) in [7, 11) is 0. The molecule has 0 bridgehead atoms. The van der Waals surface area contributed by atoms with Crippen LogP contribution in [-0.2, 0) is 0 Å². The topological polar surface area (TPSA) is 31.2 Å². The number of benzene rings is 2. The van der Waals surface area contributed by atoms with Gasteiger partial charge < -0.3 is 9.80 Å². The lowest BCUT2D eigenvalue weighted by Gasteiger charge is -2.20. The van der Waals surface area contributed by atoms with Gasteiger partial charge in [-0.05, 0) is 75.9 Å². The molecule has 4 heteroatoms. The van der Waals surface area contributed by atoms with Gasteiger partial charge in [0.2, 0.25) is 0 Å². The van der Waals surface area contributed by atoms with Gasteiger partial charge >= 0.3 is 0 Å². The molecule has 0 amide bonds. The van der Waals surface area contributed by atoms with Crippen LogP contribution in [0.5, 0.6) is 0 Å². The van der Waals surface area contributed by atoms with Crippen LogP contribution in [0.3, 0.4) is 0 Å². The summed E-state index contributed by atoms with van der Waals surface area (Å²) in [5, 5.41) is 0. The minimum atomic E-state index is 0.926. The maximum Gasteiger partial charge on any atom is 0.0389 e. The van der Waals surface area contributed by atoms with Crippen molar-refractivity contribution in [1.82, 2.24) is 0 Å². The highest BCUT2D eigenvalue weighted by Gasteiger charge is 2.01. The monoisotopic (exact) mass is 462 g/mol. The van der Waals surface area contributed by atoms with Crippen molar-refractivity contribution in [3.05, 3.63) is 59.7 Å².